The van der Waals surface area contributed by atoms with Crippen LogP contribution in [-0.4, -0.2) is 19.3 Å². The Kier molecular flexibility index (Phi) is 3.57. The largest absolute Gasteiger partial charge is 0.243 e. The molecule has 0 spiro atoms. The molecule has 21 heavy (non-hydrogen) atoms. The molecule has 0 amide bonds. The van der Waals surface area contributed by atoms with Gasteiger partial charge in [0.15, 0.2) is 0 Å². The first-order valence-corrected chi connectivity index (χ1v) is 8.94. The second kappa shape index (κ2) is 5.26. The van der Waals surface area contributed by atoms with Gasteiger partial charge in [-0.25, -0.2) is 8.42 Å². The van der Waals surface area contributed by atoms with Gasteiger partial charge in [0.1, 0.15) is 0 Å². The maximum absolute atomic E-state index is 12.8. The third-order valence-electron chi connectivity index (χ3n) is 3.79. The first-order valence-electron chi connectivity index (χ1n) is 6.62. The second-order valence-electron chi connectivity index (χ2n) is 4.98. The van der Waals surface area contributed by atoms with E-state index in [4.69, 9.17) is 5.26 Å². The summed E-state index contributed by atoms with van der Waals surface area (Å²) < 4.78 is 27.2. The SMILES string of the molecule is CC1c2ccsc2CCN1S(=O)(=O)c1cccc(C#N)c1. The highest BCUT2D eigenvalue weighted by Crippen LogP contribution is 2.36. The minimum Gasteiger partial charge on any atom is -0.207 e. The molecule has 0 N–H and O–H groups in total. The van der Waals surface area contributed by atoms with Crippen LogP contribution in [0.5, 0.6) is 0 Å². The smallest absolute Gasteiger partial charge is 0.207 e. The Bertz CT molecular complexity index is 818. The lowest BCUT2D eigenvalue weighted by Crippen LogP contribution is -2.38. The third-order valence-corrected chi connectivity index (χ3v) is 6.75. The van der Waals surface area contributed by atoms with E-state index in [2.05, 4.69) is 0 Å². The molecule has 1 aromatic heterocycles. The minimum absolute atomic E-state index is 0.171. The minimum atomic E-state index is -3.58. The quantitative estimate of drug-likeness (QED) is 0.855. The maximum Gasteiger partial charge on any atom is 0.243 e. The molecule has 1 aliphatic rings. The normalized spacial score (nSPS) is 19.0. The third kappa shape index (κ3) is 2.38. The number of sulfonamides is 1. The monoisotopic (exact) mass is 318 g/mol. The van der Waals surface area contributed by atoms with Crippen LogP contribution in [0.1, 0.15) is 29.0 Å². The average molecular weight is 318 g/mol. The lowest BCUT2D eigenvalue weighted by Gasteiger charge is -2.32. The summed E-state index contributed by atoms with van der Waals surface area (Å²) in [6.07, 6.45) is 0.745. The van der Waals surface area contributed by atoms with Gasteiger partial charge in [0.05, 0.1) is 16.5 Å². The Morgan fingerprint density at radius 2 is 2.19 bits per heavy atom. The number of nitriles is 1. The topological polar surface area (TPSA) is 61.2 Å². The van der Waals surface area contributed by atoms with Gasteiger partial charge in [-0.1, -0.05) is 6.07 Å². The Labute approximate surface area is 128 Å². The van der Waals surface area contributed by atoms with Crippen LogP contribution in [-0.2, 0) is 16.4 Å². The van der Waals surface area contributed by atoms with Gasteiger partial charge >= 0.3 is 0 Å². The summed E-state index contributed by atoms with van der Waals surface area (Å²) in [5, 5.41) is 10.9. The van der Waals surface area contributed by atoms with E-state index in [1.165, 1.54) is 15.2 Å². The molecule has 6 heteroatoms. The summed E-state index contributed by atoms with van der Waals surface area (Å²) in [6.45, 7) is 2.39. The molecule has 0 saturated heterocycles. The zero-order valence-corrected chi connectivity index (χ0v) is 13.1. The average Bonchev–Trinajstić information content (AvgIpc) is 2.97. The van der Waals surface area contributed by atoms with E-state index in [1.54, 1.807) is 29.5 Å². The molecule has 4 nitrogen and oxygen atoms in total. The molecule has 0 fully saturated rings. The van der Waals surface area contributed by atoms with Crippen molar-refractivity contribution in [1.82, 2.24) is 4.31 Å². The first-order chi connectivity index (χ1) is 10.0. The van der Waals surface area contributed by atoms with E-state index in [1.807, 2.05) is 24.4 Å². The zero-order valence-electron chi connectivity index (χ0n) is 11.5. The van der Waals surface area contributed by atoms with E-state index in [0.29, 0.717) is 12.1 Å². The van der Waals surface area contributed by atoms with Crippen LogP contribution in [0.2, 0.25) is 0 Å². The summed E-state index contributed by atoms with van der Waals surface area (Å²) in [6, 6.07) is 10.0. The van der Waals surface area contributed by atoms with Crippen LogP contribution < -0.4 is 0 Å². The highest BCUT2D eigenvalue weighted by Gasteiger charge is 2.34. The van der Waals surface area contributed by atoms with Crippen molar-refractivity contribution in [3.05, 3.63) is 51.7 Å². The molecule has 0 radical (unpaired) electrons. The van der Waals surface area contributed by atoms with Crippen LogP contribution in [0, 0.1) is 11.3 Å². The summed E-state index contributed by atoms with van der Waals surface area (Å²) in [4.78, 5) is 1.45. The predicted octanol–water partition coefficient (Wildman–Crippen LogP) is 2.93. The van der Waals surface area contributed by atoms with Crippen molar-refractivity contribution in [3.8, 4) is 6.07 Å². The summed E-state index contributed by atoms with van der Waals surface area (Å²) in [7, 11) is -3.58. The zero-order chi connectivity index (χ0) is 15.0. The molecule has 3 rings (SSSR count). The van der Waals surface area contributed by atoms with Crippen LogP contribution in [0.25, 0.3) is 0 Å². The fourth-order valence-corrected chi connectivity index (χ4v) is 5.30. The molecule has 1 unspecified atom stereocenters. The summed E-state index contributed by atoms with van der Waals surface area (Å²) in [5.41, 5.74) is 1.45. The standard InChI is InChI=1S/C15H14N2O2S2/c1-11-14-6-8-20-15(14)5-7-17(11)21(18,19)13-4-2-3-12(9-13)10-16/h2-4,6,8-9,11H,5,7H2,1H3. The van der Waals surface area contributed by atoms with Crippen LogP contribution in [0.3, 0.4) is 0 Å². The molecule has 0 saturated carbocycles. The Morgan fingerprint density at radius 1 is 1.38 bits per heavy atom. The lowest BCUT2D eigenvalue weighted by atomic mass is 10.0. The molecular formula is C15H14N2O2S2. The Hall–Kier alpha value is -1.68. The molecule has 1 aromatic carbocycles. The molecule has 2 aromatic rings. The maximum atomic E-state index is 12.8. The van der Waals surface area contributed by atoms with Gasteiger partial charge in [0.2, 0.25) is 10.0 Å². The predicted molar refractivity (Wildman–Crippen MR) is 81.5 cm³/mol. The van der Waals surface area contributed by atoms with Crippen molar-refractivity contribution in [1.29, 1.82) is 5.26 Å². The summed E-state index contributed by atoms with van der Waals surface area (Å²) in [5.74, 6) is 0. The molecule has 0 bridgehead atoms. The number of benzene rings is 1. The fourth-order valence-electron chi connectivity index (χ4n) is 2.68. The number of rotatable bonds is 2. The van der Waals surface area contributed by atoms with Crippen molar-refractivity contribution in [2.24, 2.45) is 0 Å². The number of nitrogens with zero attached hydrogens (tertiary/aromatic N) is 2. The van der Waals surface area contributed by atoms with Gasteiger partial charge in [-0.05, 0) is 48.6 Å². The van der Waals surface area contributed by atoms with Crippen molar-refractivity contribution in [2.75, 3.05) is 6.54 Å². The molecular weight excluding hydrogens is 304 g/mol. The Balaban J connectivity index is 2.01. The molecule has 1 atom stereocenters. The van der Waals surface area contributed by atoms with Gasteiger partial charge < -0.3 is 0 Å². The van der Waals surface area contributed by atoms with Crippen molar-refractivity contribution in [2.45, 2.75) is 24.3 Å². The van der Waals surface area contributed by atoms with Gasteiger partial charge in [0, 0.05) is 17.5 Å². The number of fused-ring (bicyclic) bond motifs is 1. The highest BCUT2D eigenvalue weighted by molar-refractivity contribution is 7.89. The molecule has 0 aliphatic carbocycles. The van der Waals surface area contributed by atoms with Gasteiger partial charge in [-0.15, -0.1) is 11.3 Å². The fraction of sp³-hybridized carbons (Fsp3) is 0.267. The van der Waals surface area contributed by atoms with Gasteiger partial charge in [-0.3, -0.25) is 0 Å². The number of hydrogen-bond acceptors (Lipinski definition) is 4. The Morgan fingerprint density at radius 3 is 2.95 bits per heavy atom. The number of thiophene rings is 1. The van der Waals surface area contributed by atoms with Crippen LogP contribution in [0.4, 0.5) is 0 Å². The van der Waals surface area contributed by atoms with Crippen molar-refractivity contribution >= 4 is 21.4 Å². The van der Waals surface area contributed by atoms with E-state index in [0.717, 1.165) is 12.0 Å². The van der Waals surface area contributed by atoms with Gasteiger partial charge in [-0.2, -0.15) is 9.57 Å². The number of hydrogen-bond donors (Lipinski definition) is 0. The first kappa shape index (κ1) is 14.3. The second-order valence-corrected chi connectivity index (χ2v) is 7.87. The molecule has 2 heterocycles. The van der Waals surface area contributed by atoms with E-state index >= 15 is 0 Å². The van der Waals surface area contributed by atoms with E-state index < -0.39 is 10.0 Å². The highest BCUT2D eigenvalue weighted by atomic mass is 32.2. The van der Waals surface area contributed by atoms with Crippen LogP contribution >= 0.6 is 11.3 Å². The lowest BCUT2D eigenvalue weighted by molar-refractivity contribution is 0.329. The van der Waals surface area contributed by atoms with Crippen molar-refractivity contribution < 1.29 is 8.42 Å². The molecule has 108 valence electrons. The van der Waals surface area contributed by atoms with Crippen LogP contribution in [0.15, 0.2) is 40.6 Å². The van der Waals surface area contributed by atoms with E-state index in [-0.39, 0.29) is 10.9 Å². The van der Waals surface area contributed by atoms with Gasteiger partial charge in [0.25, 0.3) is 0 Å². The summed E-state index contributed by atoms with van der Waals surface area (Å²) >= 11 is 1.68. The molecule has 1 aliphatic heterocycles. The van der Waals surface area contributed by atoms with Crippen molar-refractivity contribution in [3.63, 3.8) is 0 Å². The van der Waals surface area contributed by atoms with E-state index in [9.17, 15) is 8.42 Å².